The number of pyridine rings is 1. The fraction of sp³-hybridized carbons (Fsp3) is 0.375. The van der Waals surface area contributed by atoms with E-state index < -0.39 is 11.7 Å². The molecule has 162 valence electrons. The van der Waals surface area contributed by atoms with E-state index in [0.29, 0.717) is 23.2 Å². The van der Waals surface area contributed by atoms with Crippen molar-refractivity contribution in [3.05, 3.63) is 65.6 Å². The Morgan fingerprint density at radius 3 is 2.35 bits per heavy atom. The molecule has 1 aliphatic carbocycles. The smallest absolute Gasteiger partial charge is 0.340 e. The van der Waals surface area contributed by atoms with Crippen LogP contribution in [0.25, 0.3) is 11.4 Å². The second-order valence-electron chi connectivity index (χ2n) is 9.07. The molecule has 7 heteroatoms. The first kappa shape index (κ1) is 21.3. The molecule has 1 atom stereocenters. The molecule has 0 spiro atoms. The third kappa shape index (κ3) is 4.70. The van der Waals surface area contributed by atoms with E-state index in [2.05, 4.69) is 31.1 Å². The number of nitrogens with one attached hydrogen (secondary N) is 1. The van der Waals surface area contributed by atoms with Gasteiger partial charge in [0.15, 0.2) is 5.82 Å². The van der Waals surface area contributed by atoms with Gasteiger partial charge in [-0.15, -0.1) is 0 Å². The number of halogens is 3. The summed E-state index contributed by atoms with van der Waals surface area (Å²) in [5.41, 5.74) is 2.86. The molecular weight excluding hydrogens is 401 g/mol. The van der Waals surface area contributed by atoms with Crippen molar-refractivity contribution in [2.24, 2.45) is 11.3 Å². The Kier molecular flexibility index (Phi) is 5.45. The van der Waals surface area contributed by atoms with Crippen molar-refractivity contribution < 1.29 is 13.2 Å². The van der Waals surface area contributed by atoms with Crippen LogP contribution < -0.4 is 5.32 Å². The standard InChI is InChI=1S/C24H25F3N4/c1-23(2,3)17-8-11-20-19(13-17)22(31-21(30-20)15-5-4-12-28-14-15)29-18-9-6-16(7-10-18)24(25,26)27/h4-7,9-10,12,14,17H,8,11,13H2,1-3H3,(H,29,30,31)/t17-/m1/s1. The van der Waals surface area contributed by atoms with E-state index in [0.717, 1.165) is 48.2 Å². The highest BCUT2D eigenvalue weighted by atomic mass is 19.4. The molecule has 31 heavy (non-hydrogen) atoms. The normalized spacial score (nSPS) is 16.6. The summed E-state index contributed by atoms with van der Waals surface area (Å²) in [4.78, 5) is 13.7. The maximum Gasteiger partial charge on any atom is 0.416 e. The van der Waals surface area contributed by atoms with Crippen LogP contribution in [0.2, 0.25) is 0 Å². The van der Waals surface area contributed by atoms with Gasteiger partial charge in [0.1, 0.15) is 5.82 Å². The number of anilines is 2. The van der Waals surface area contributed by atoms with Gasteiger partial charge in [-0.1, -0.05) is 20.8 Å². The van der Waals surface area contributed by atoms with Crippen molar-refractivity contribution in [1.82, 2.24) is 15.0 Å². The van der Waals surface area contributed by atoms with E-state index in [1.165, 1.54) is 12.1 Å². The molecule has 1 N–H and O–H groups in total. The Morgan fingerprint density at radius 2 is 1.74 bits per heavy atom. The molecule has 0 bridgehead atoms. The third-order valence-corrected chi connectivity index (χ3v) is 5.89. The number of hydrogen-bond acceptors (Lipinski definition) is 4. The van der Waals surface area contributed by atoms with Gasteiger partial charge in [0.2, 0.25) is 0 Å². The summed E-state index contributed by atoms with van der Waals surface area (Å²) in [6, 6.07) is 8.76. The number of aryl methyl sites for hydroxylation is 1. The lowest BCUT2D eigenvalue weighted by atomic mass is 9.71. The first-order chi connectivity index (χ1) is 14.6. The van der Waals surface area contributed by atoms with Crippen molar-refractivity contribution in [2.75, 3.05) is 5.32 Å². The minimum atomic E-state index is -4.36. The molecule has 0 saturated carbocycles. The third-order valence-electron chi connectivity index (χ3n) is 5.89. The molecule has 2 heterocycles. The fourth-order valence-corrected chi connectivity index (χ4v) is 3.96. The summed E-state index contributed by atoms with van der Waals surface area (Å²) in [5.74, 6) is 1.69. The van der Waals surface area contributed by atoms with E-state index in [4.69, 9.17) is 9.97 Å². The zero-order chi connectivity index (χ0) is 22.2. The molecule has 0 amide bonds. The molecule has 0 aliphatic heterocycles. The Bertz CT molecular complexity index is 1060. The van der Waals surface area contributed by atoms with Gasteiger partial charge >= 0.3 is 6.18 Å². The van der Waals surface area contributed by atoms with Crippen molar-refractivity contribution in [1.29, 1.82) is 0 Å². The minimum absolute atomic E-state index is 0.144. The zero-order valence-corrected chi connectivity index (χ0v) is 17.8. The van der Waals surface area contributed by atoms with Crippen LogP contribution in [0.4, 0.5) is 24.7 Å². The highest BCUT2D eigenvalue weighted by Crippen LogP contribution is 2.40. The van der Waals surface area contributed by atoms with E-state index >= 15 is 0 Å². The Morgan fingerprint density at radius 1 is 1.00 bits per heavy atom. The number of alkyl halides is 3. The molecule has 0 radical (unpaired) electrons. The van der Waals surface area contributed by atoms with Gasteiger partial charge in [0, 0.05) is 34.9 Å². The van der Waals surface area contributed by atoms with Gasteiger partial charge in [-0.2, -0.15) is 13.2 Å². The van der Waals surface area contributed by atoms with Gasteiger partial charge < -0.3 is 5.32 Å². The van der Waals surface area contributed by atoms with Gasteiger partial charge in [-0.3, -0.25) is 4.98 Å². The highest BCUT2D eigenvalue weighted by Gasteiger charge is 2.32. The number of benzene rings is 1. The average Bonchev–Trinajstić information content (AvgIpc) is 2.73. The molecule has 0 unspecified atom stereocenters. The fourth-order valence-electron chi connectivity index (χ4n) is 3.96. The number of fused-ring (bicyclic) bond motifs is 1. The van der Waals surface area contributed by atoms with E-state index in [1.54, 1.807) is 12.4 Å². The van der Waals surface area contributed by atoms with Crippen LogP contribution in [0.1, 0.15) is 44.0 Å². The van der Waals surface area contributed by atoms with Crippen LogP contribution in [-0.2, 0) is 19.0 Å². The molecule has 1 aliphatic rings. The monoisotopic (exact) mass is 426 g/mol. The number of nitrogens with zero attached hydrogens (tertiary/aromatic N) is 3. The second-order valence-corrected chi connectivity index (χ2v) is 9.07. The Hall–Kier alpha value is -2.96. The van der Waals surface area contributed by atoms with Gasteiger partial charge in [0.25, 0.3) is 0 Å². The summed E-state index contributed by atoms with van der Waals surface area (Å²) in [6.07, 6.45) is 1.76. The molecule has 0 saturated heterocycles. The van der Waals surface area contributed by atoms with Crippen LogP contribution >= 0.6 is 0 Å². The predicted octanol–water partition coefficient (Wildman–Crippen LogP) is 6.45. The second kappa shape index (κ2) is 7.94. The van der Waals surface area contributed by atoms with Crippen molar-refractivity contribution in [3.63, 3.8) is 0 Å². The van der Waals surface area contributed by atoms with Crippen molar-refractivity contribution >= 4 is 11.5 Å². The topological polar surface area (TPSA) is 50.7 Å². The summed E-state index contributed by atoms with van der Waals surface area (Å²) >= 11 is 0. The lowest BCUT2D eigenvalue weighted by molar-refractivity contribution is -0.137. The van der Waals surface area contributed by atoms with Crippen LogP contribution in [0.5, 0.6) is 0 Å². The number of aromatic nitrogens is 3. The summed E-state index contributed by atoms with van der Waals surface area (Å²) in [7, 11) is 0. The highest BCUT2D eigenvalue weighted by molar-refractivity contribution is 5.65. The lowest BCUT2D eigenvalue weighted by Crippen LogP contribution is -2.28. The van der Waals surface area contributed by atoms with Gasteiger partial charge in [-0.05, 0) is 67.0 Å². The van der Waals surface area contributed by atoms with Crippen LogP contribution in [0.15, 0.2) is 48.8 Å². The van der Waals surface area contributed by atoms with Gasteiger partial charge in [0.05, 0.1) is 5.56 Å². The largest absolute Gasteiger partial charge is 0.416 e. The average molecular weight is 426 g/mol. The Balaban J connectivity index is 1.74. The number of rotatable bonds is 3. The van der Waals surface area contributed by atoms with Crippen LogP contribution in [-0.4, -0.2) is 15.0 Å². The SMILES string of the molecule is CC(C)(C)[C@@H]1CCc2nc(-c3cccnc3)nc(Nc3ccc(C(F)(F)F)cc3)c2C1. The quantitative estimate of drug-likeness (QED) is 0.523. The molecule has 0 fully saturated rings. The van der Waals surface area contributed by atoms with E-state index in [9.17, 15) is 13.2 Å². The first-order valence-electron chi connectivity index (χ1n) is 10.4. The summed E-state index contributed by atoms with van der Waals surface area (Å²) in [5, 5.41) is 3.25. The predicted molar refractivity (Wildman–Crippen MR) is 115 cm³/mol. The first-order valence-corrected chi connectivity index (χ1v) is 10.4. The van der Waals surface area contributed by atoms with Crippen LogP contribution in [0, 0.1) is 11.3 Å². The molecule has 2 aromatic heterocycles. The minimum Gasteiger partial charge on any atom is -0.340 e. The lowest BCUT2D eigenvalue weighted by Gasteiger charge is -2.35. The molecular formula is C24H25F3N4. The van der Waals surface area contributed by atoms with Crippen LogP contribution in [0.3, 0.4) is 0 Å². The molecule has 4 nitrogen and oxygen atoms in total. The van der Waals surface area contributed by atoms with Gasteiger partial charge in [-0.25, -0.2) is 9.97 Å². The Labute approximate surface area is 180 Å². The zero-order valence-electron chi connectivity index (χ0n) is 17.8. The van der Waals surface area contributed by atoms with E-state index in [-0.39, 0.29) is 5.41 Å². The maximum absolute atomic E-state index is 12.9. The number of hydrogen-bond donors (Lipinski definition) is 1. The van der Waals surface area contributed by atoms with E-state index in [1.807, 2.05) is 12.1 Å². The maximum atomic E-state index is 12.9. The van der Waals surface area contributed by atoms with Crippen molar-refractivity contribution in [2.45, 2.75) is 46.2 Å². The summed E-state index contributed by atoms with van der Waals surface area (Å²) < 4.78 is 38.8. The molecule has 3 aromatic rings. The van der Waals surface area contributed by atoms with Crippen molar-refractivity contribution in [3.8, 4) is 11.4 Å². The summed E-state index contributed by atoms with van der Waals surface area (Å²) in [6.45, 7) is 6.70. The molecule has 1 aromatic carbocycles. The molecule has 4 rings (SSSR count).